The first kappa shape index (κ1) is 11.9. The van der Waals surface area contributed by atoms with Crippen LogP contribution in [0.3, 0.4) is 0 Å². The number of hydrogen-bond acceptors (Lipinski definition) is 0. The molecular weight excluding hydrogens is 256 g/mol. The average Bonchev–Trinajstić information content (AvgIpc) is 2.82. The molecule has 0 amide bonds. The van der Waals surface area contributed by atoms with Crippen LogP contribution in [0.4, 0.5) is 0 Å². The van der Waals surface area contributed by atoms with Gasteiger partial charge in [0.05, 0.1) is 0 Å². The van der Waals surface area contributed by atoms with Gasteiger partial charge in [0.15, 0.2) is 0 Å². The van der Waals surface area contributed by atoms with E-state index in [9.17, 15) is 0 Å². The lowest BCUT2D eigenvalue weighted by Gasteiger charge is -2.18. The van der Waals surface area contributed by atoms with Crippen LogP contribution >= 0.6 is 0 Å². The second-order valence-corrected chi connectivity index (χ2v) is 8.68. The van der Waals surface area contributed by atoms with Crippen molar-refractivity contribution in [1.82, 2.24) is 0 Å². The molecule has 2 aromatic carbocycles. The molecule has 1 heterocycles. The summed E-state index contributed by atoms with van der Waals surface area (Å²) in [6.07, 6.45) is 6.03. The van der Waals surface area contributed by atoms with E-state index in [1.54, 1.807) is 21.1 Å². The molecule has 2 unspecified atom stereocenters. The first-order valence-electron chi connectivity index (χ1n) is 7.40. The zero-order valence-electron chi connectivity index (χ0n) is 11.7. The van der Waals surface area contributed by atoms with Crippen LogP contribution in [0.15, 0.2) is 71.9 Å². The summed E-state index contributed by atoms with van der Waals surface area (Å²) in [5.41, 5.74) is 3.15. The molecule has 2 aromatic rings. The third kappa shape index (κ3) is 1.74. The summed E-state index contributed by atoms with van der Waals surface area (Å²) >= 11 is 0. The van der Waals surface area contributed by atoms with Gasteiger partial charge in [-0.05, 0) is 33.9 Å². The van der Waals surface area contributed by atoms with Crippen molar-refractivity contribution in [1.29, 1.82) is 0 Å². The Labute approximate surface area is 122 Å². The summed E-state index contributed by atoms with van der Waals surface area (Å²) in [4.78, 5) is 0. The fourth-order valence-electron chi connectivity index (χ4n) is 3.61. The standard InChI is InChI=1S/C19H18Si/c1-14-11-12-19-17(13-14)16-9-5-6-10-18(16)20(19)15-7-3-2-4-8-15/h2-12,14,20H,13H2,1H3. The van der Waals surface area contributed by atoms with Gasteiger partial charge in [-0.2, -0.15) is 0 Å². The first-order chi connectivity index (χ1) is 9.84. The van der Waals surface area contributed by atoms with Crippen molar-refractivity contribution >= 4 is 24.7 Å². The van der Waals surface area contributed by atoms with Gasteiger partial charge >= 0.3 is 0 Å². The molecule has 0 fully saturated rings. The number of fused-ring (bicyclic) bond motifs is 2. The van der Waals surface area contributed by atoms with Crippen molar-refractivity contribution < 1.29 is 0 Å². The molecule has 98 valence electrons. The van der Waals surface area contributed by atoms with Crippen molar-refractivity contribution in [3.05, 3.63) is 77.5 Å². The predicted molar refractivity (Wildman–Crippen MR) is 89.1 cm³/mol. The summed E-state index contributed by atoms with van der Waals surface area (Å²) in [5.74, 6) is 0.672. The van der Waals surface area contributed by atoms with E-state index in [4.69, 9.17) is 0 Å². The van der Waals surface area contributed by atoms with Gasteiger partial charge < -0.3 is 0 Å². The number of allylic oxidation sites excluding steroid dienone is 4. The lowest BCUT2D eigenvalue weighted by atomic mass is 9.91. The Bertz CT molecular complexity index is 710. The summed E-state index contributed by atoms with van der Waals surface area (Å²) in [5, 5.41) is 4.81. The number of benzene rings is 2. The lowest BCUT2D eigenvalue weighted by molar-refractivity contribution is 0.748. The minimum Gasteiger partial charge on any atom is -0.0814 e. The summed E-state index contributed by atoms with van der Waals surface area (Å²) in [6, 6.07) is 20.2. The molecule has 1 aliphatic carbocycles. The van der Waals surface area contributed by atoms with Crippen molar-refractivity contribution in [2.75, 3.05) is 0 Å². The largest absolute Gasteiger partial charge is 0.134 e. The van der Waals surface area contributed by atoms with Crippen LogP contribution in [0.1, 0.15) is 18.9 Å². The van der Waals surface area contributed by atoms with E-state index >= 15 is 0 Å². The Morgan fingerprint density at radius 1 is 0.950 bits per heavy atom. The molecule has 0 aromatic heterocycles. The van der Waals surface area contributed by atoms with Crippen molar-refractivity contribution in [2.45, 2.75) is 13.3 Å². The molecule has 1 aliphatic heterocycles. The van der Waals surface area contributed by atoms with Crippen LogP contribution in [0, 0.1) is 5.92 Å². The molecule has 2 aliphatic rings. The molecule has 1 heteroatoms. The third-order valence-corrected chi connectivity index (χ3v) is 7.86. The van der Waals surface area contributed by atoms with E-state index in [2.05, 4.69) is 73.7 Å². The monoisotopic (exact) mass is 274 g/mol. The van der Waals surface area contributed by atoms with E-state index in [-0.39, 0.29) is 0 Å². The van der Waals surface area contributed by atoms with Gasteiger partial charge in [-0.15, -0.1) is 0 Å². The van der Waals surface area contributed by atoms with Gasteiger partial charge in [-0.1, -0.05) is 78.9 Å². The highest BCUT2D eigenvalue weighted by Crippen LogP contribution is 2.36. The molecular formula is C19H18Si. The van der Waals surface area contributed by atoms with E-state index in [0.717, 1.165) is 0 Å². The zero-order chi connectivity index (χ0) is 13.5. The molecule has 0 saturated carbocycles. The first-order valence-corrected chi connectivity index (χ1v) is 9.13. The van der Waals surface area contributed by atoms with Crippen molar-refractivity contribution in [3.63, 3.8) is 0 Å². The number of rotatable bonds is 1. The maximum Gasteiger partial charge on any atom is 0.134 e. The second kappa shape index (κ2) is 4.60. The van der Waals surface area contributed by atoms with Gasteiger partial charge in [0.1, 0.15) is 8.80 Å². The highest BCUT2D eigenvalue weighted by atomic mass is 28.3. The molecule has 2 atom stereocenters. The molecule has 0 saturated heterocycles. The van der Waals surface area contributed by atoms with Crippen LogP contribution in [-0.2, 0) is 0 Å². The molecule has 0 N–H and O–H groups in total. The van der Waals surface area contributed by atoms with Gasteiger partial charge in [0, 0.05) is 0 Å². The number of hydrogen-bond donors (Lipinski definition) is 0. The van der Waals surface area contributed by atoms with Gasteiger partial charge in [-0.25, -0.2) is 0 Å². The maximum atomic E-state index is 2.42. The topological polar surface area (TPSA) is 0 Å². The van der Waals surface area contributed by atoms with Crippen LogP contribution in [0.5, 0.6) is 0 Å². The van der Waals surface area contributed by atoms with Crippen LogP contribution in [0.25, 0.3) is 5.57 Å². The van der Waals surface area contributed by atoms with Gasteiger partial charge in [0.25, 0.3) is 0 Å². The van der Waals surface area contributed by atoms with Crippen molar-refractivity contribution in [2.24, 2.45) is 5.92 Å². The van der Waals surface area contributed by atoms with Gasteiger partial charge in [-0.3, -0.25) is 0 Å². The Kier molecular flexibility index (Phi) is 2.74. The quantitative estimate of drug-likeness (QED) is 0.702. The third-order valence-electron chi connectivity index (χ3n) is 4.52. The summed E-state index contributed by atoms with van der Waals surface area (Å²) < 4.78 is 0. The van der Waals surface area contributed by atoms with Gasteiger partial charge in [0.2, 0.25) is 0 Å². The summed E-state index contributed by atoms with van der Waals surface area (Å²) in [7, 11) is -1.21. The highest BCUT2D eigenvalue weighted by molar-refractivity contribution is 6.94. The van der Waals surface area contributed by atoms with Crippen molar-refractivity contribution in [3.8, 4) is 0 Å². The molecule has 0 bridgehead atoms. The lowest BCUT2D eigenvalue weighted by Crippen LogP contribution is -2.41. The van der Waals surface area contributed by atoms with E-state index in [1.165, 1.54) is 12.0 Å². The second-order valence-electron chi connectivity index (χ2n) is 5.91. The molecule has 0 radical (unpaired) electrons. The smallest absolute Gasteiger partial charge is 0.0814 e. The van der Waals surface area contributed by atoms with Crippen LogP contribution in [0.2, 0.25) is 0 Å². The SMILES string of the molecule is CC1C=CC2=C(C1)c1ccccc1[SiH]2c1ccccc1. The maximum absolute atomic E-state index is 2.42. The van der Waals surface area contributed by atoms with Crippen LogP contribution in [-0.4, -0.2) is 8.80 Å². The zero-order valence-corrected chi connectivity index (χ0v) is 12.9. The molecule has 20 heavy (non-hydrogen) atoms. The molecule has 0 spiro atoms. The molecule has 0 nitrogen and oxygen atoms in total. The fourth-order valence-corrected chi connectivity index (χ4v) is 7.08. The van der Waals surface area contributed by atoms with E-state index in [1.807, 2.05) is 0 Å². The average molecular weight is 274 g/mol. The van der Waals surface area contributed by atoms with E-state index in [0.29, 0.717) is 5.92 Å². The summed E-state index contributed by atoms with van der Waals surface area (Å²) in [6.45, 7) is 2.32. The minimum absolute atomic E-state index is 0.672. The predicted octanol–water partition coefficient (Wildman–Crippen LogP) is 2.93. The normalized spacial score (nSPS) is 23.6. The highest BCUT2D eigenvalue weighted by Gasteiger charge is 2.33. The Balaban J connectivity index is 1.93. The fraction of sp³-hybridized carbons (Fsp3) is 0.158. The minimum atomic E-state index is -1.21. The molecule has 4 rings (SSSR count). The van der Waals surface area contributed by atoms with Crippen LogP contribution < -0.4 is 10.4 Å². The Morgan fingerprint density at radius 2 is 1.70 bits per heavy atom. The Hall–Kier alpha value is -1.86. The Morgan fingerprint density at radius 3 is 2.55 bits per heavy atom. The van der Waals surface area contributed by atoms with E-state index < -0.39 is 8.80 Å².